The van der Waals surface area contributed by atoms with Crippen LogP contribution in [0, 0.1) is 0 Å². The van der Waals surface area contributed by atoms with E-state index >= 15 is 0 Å². The van der Waals surface area contributed by atoms with Crippen LogP contribution < -0.4 is 10.2 Å². The third kappa shape index (κ3) is 3.23. The van der Waals surface area contributed by atoms with Crippen molar-refractivity contribution in [2.75, 3.05) is 38.2 Å². The summed E-state index contributed by atoms with van der Waals surface area (Å²) < 4.78 is 4.76. The highest BCUT2D eigenvalue weighted by Crippen LogP contribution is 2.18. The van der Waals surface area contributed by atoms with Crippen molar-refractivity contribution < 1.29 is 9.53 Å². The molecular weight excluding hydrogens is 228 g/mol. The second kappa shape index (κ2) is 6.40. The van der Waals surface area contributed by atoms with Crippen LogP contribution in [-0.4, -0.2) is 39.3 Å². The van der Waals surface area contributed by atoms with E-state index in [4.69, 9.17) is 4.74 Å². The van der Waals surface area contributed by atoms with E-state index in [9.17, 15) is 4.79 Å². The fourth-order valence-electron chi connectivity index (χ4n) is 2.23. The number of ether oxygens (including phenoxy) is 1. The minimum absolute atomic E-state index is 0.273. The molecular formula is C14H20N2O2. The third-order valence-electron chi connectivity index (χ3n) is 3.20. The second-order valence-electron chi connectivity index (χ2n) is 4.49. The fraction of sp³-hybridized carbons (Fsp3) is 0.500. The minimum Gasteiger partial charge on any atom is -0.465 e. The van der Waals surface area contributed by atoms with Crippen molar-refractivity contribution >= 4 is 11.7 Å². The molecule has 0 spiro atoms. The second-order valence-corrected chi connectivity index (χ2v) is 4.49. The summed E-state index contributed by atoms with van der Waals surface area (Å²) in [4.78, 5) is 13.9. The molecule has 2 rings (SSSR count). The number of methoxy groups -OCH3 is 1. The van der Waals surface area contributed by atoms with E-state index < -0.39 is 0 Å². The van der Waals surface area contributed by atoms with E-state index in [0.717, 1.165) is 44.7 Å². The smallest absolute Gasteiger partial charge is 0.337 e. The first-order valence-electron chi connectivity index (χ1n) is 6.45. The Kier molecular flexibility index (Phi) is 4.59. The molecule has 1 N–H and O–H groups in total. The Morgan fingerprint density at radius 3 is 2.67 bits per heavy atom. The maximum absolute atomic E-state index is 11.5. The fourth-order valence-corrected chi connectivity index (χ4v) is 2.23. The van der Waals surface area contributed by atoms with Crippen LogP contribution >= 0.6 is 0 Å². The lowest BCUT2D eigenvalue weighted by Crippen LogP contribution is -2.34. The molecule has 0 unspecified atom stereocenters. The highest BCUT2D eigenvalue weighted by molar-refractivity contribution is 5.90. The summed E-state index contributed by atoms with van der Waals surface area (Å²) >= 11 is 0. The van der Waals surface area contributed by atoms with Crippen LogP contribution in [0.5, 0.6) is 0 Å². The van der Waals surface area contributed by atoms with Crippen molar-refractivity contribution in [1.29, 1.82) is 0 Å². The van der Waals surface area contributed by atoms with Gasteiger partial charge in [-0.1, -0.05) is 6.07 Å². The molecule has 4 nitrogen and oxygen atoms in total. The SMILES string of the molecule is COC(=O)c1cccc(N2CCCNCCC2)c1. The zero-order valence-corrected chi connectivity index (χ0v) is 10.8. The number of hydrogen-bond donors (Lipinski definition) is 1. The summed E-state index contributed by atoms with van der Waals surface area (Å²) in [5.74, 6) is -0.273. The molecule has 0 amide bonds. The molecule has 98 valence electrons. The van der Waals surface area contributed by atoms with E-state index in [0.29, 0.717) is 5.56 Å². The van der Waals surface area contributed by atoms with Crippen molar-refractivity contribution in [2.24, 2.45) is 0 Å². The lowest BCUT2D eigenvalue weighted by Gasteiger charge is -2.27. The van der Waals surface area contributed by atoms with Crippen molar-refractivity contribution in [3.8, 4) is 0 Å². The predicted molar refractivity (Wildman–Crippen MR) is 72.1 cm³/mol. The quantitative estimate of drug-likeness (QED) is 0.808. The molecule has 0 aliphatic carbocycles. The summed E-state index contributed by atoms with van der Waals surface area (Å²) in [7, 11) is 1.41. The average molecular weight is 248 g/mol. The molecule has 1 aliphatic heterocycles. The van der Waals surface area contributed by atoms with Gasteiger partial charge in [0.15, 0.2) is 0 Å². The first kappa shape index (κ1) is 12.9. The van der Waals surface area contributed by atoms with Gasteiger partial charge in [0, 0.05) is 18.8 Å². The molecule has 4 heteroatoms. The van der Waals surface area contributed by atoms with Crippen LogP contribution in [0.1, 0.15) is 23.2 Å². The molecule has 1 aromatic carbocycles. The summed E-state index contributed by atoms with van der Waals surface area (Å²) in [6, 6.07) is 7.68. The average Bonchev–Trinajstić information content (AvgIpc) is 2.37. The summed E-state index contributed by atoms with van der Waals surface area (Å²) in [5, 5.41) is 3.40. The van der Waals surface area contributed by atoms with Gasteiger partial charge in [-0.05, 0) is 44.1 Å². The first-order chi connectivity index (χ1) is 8.81. The lowest BCUT2D eigenvalue weighted by molar-refractivity contribution is 0.0601. The highest BCUT2D eigenvalue weighted by Gasteiger charge is 2.11. The van der Waals surface area contributed by atoms with Crippen molar-refractivity contribution in [3.63, 3.8) is 0 Å². The highest BCUT2D eigenvalue weighted by atomic mass is 16.5. The number of carbonyl (C=O) groups is 1. The molecule has 1 aliphatic rings. The standard InChI is InChI=1S/C14H20N2O2/c1-18-14(17)12-5-2-6-13(11-12)16-9-3-7-15-8-4-10-16/h2,5-6,11,15H,3-4,7-10H2,1H3. The molecule has 18 heavy (non-hydrogen) atoms. The molecule has 0 radical (unpaired) electrons. The van der Waals surface area contributed by atoms with Crippen LogP contribution in [0.15, 0.2) is 24.3 Å². The molecule has 1 heterocycles. The Labute approximate surface area is 108 Å². The van der Waals surface area contributed by atoms with E-state index in [-0.39, 0.29) is 5.97 Å². The van der Waals surface area contributed by atoms with Crippen LogP contribution in [0.2, 0.25) is 0 Å². The Morgan fingerprint density at radius 1 is 1.28 bits per heavy atom. The Morgan fingerprint density at radius 2 is 2.00 bits per heavy atom. The van der Waals surface area contributed by atoms with Gasteiger partial charge in [0.05, 0.1) is 12.7 Å². The number of carbonyl (C=O) groups excluding carboxylic acids is 1. The number of nitrogens with one attached hydrogen (secondary N) is 1. The Bertz CT molecular complexity index is 399. The summed E-state index contributed by atoms with van der Waals surface area (Å²) in [6.07, 6.45) is 2.25. The molecule has 1 aromatic rings. The molecule has 0 atom stereocenters. The van der Waals surface area contributed by atoms with E-state index in [2.05, 4.69) is 16.3 Å². The minimum atomic E-state index is -0.273. The van der Waals surface area contributed by atoms with Crippen LogP contribution in [0.4, 0.5) is 5.69 Å². The van der Waals surface area contributed by atoms with Crippen molar-refractivity contribution in [2.45, 2.75) is 12.8 Å². The van der Waals surface area contributed by atoms with Crippen LogP contribution in [-0.2, 0) is 4.74 Å². The monoisotopic (exact) mass is 248 g/mol. The molecule has 0 bridgehead atoms. The summed E-state index contributed by atoms with van der Waals surface area (Å²) in [6.45, 7) is 4.18. The van der Waals surface area contributed by atoms with Gasteiger partial charge in [-0.15, -0.1) is 0 Å². The van der Waals surface area contributed by atoms with Gasteiger partial charge >= 0.3 is 5.97 Å². The van der Waals surface area contributed by atoms with E-state index in [1.54, 1.807) is 6.07 Å². The number of anilines is 1. The zero-order chi connectivity index (χ0) is 12.8. The number of esters is 1. The van der Waals surface area contributed by atoms with E-state index in [1.165, 1.54) is 7.11 Å². The molecule has 1 fully saturated rings. The lowest BCUT2D eigenvalue weighted by atomic mass is 10.1. The molecule has 0 saturated carbocycles. The first-order valence-corrected chi connectivity index (χ1v) is 6.45. The van der Waals surface area contributed by atoms with Gasteiger partial charge < -0.3 is 15.0 Å². The number of benzene rings is 1. The van der Waals surface area contributed by atoms with Gasteiger partial charge in [-0.3, -0.25) is 0 Å². The zero-order valence-electron chi connectivity index (χ0n) is 10.8. The van der Waals surface area contributed by atoms with Gasteiger partial charge in [0.25, 0.3) is 0 Å². The number of hydrogen-bond acceptors (Lipinski definition) is 4. The number of nitrogens with zero attached hydrogens (tertiary/aromatic N) is 1. The topological polar surface area (TPSA) is 41.6 Å². The predicted octanol–water partition coefficient (Wildman–Crippen LogP) is 1.66. The van der Waals surface area contributed by atoms with Crippen molar-refractivity contribution in [3.05, 3.63) is 29.8 Å². The number of rotatable bonds is 2. The van der Waals surface area contributed by atoms with Gasteiger partial charge in [0.2, 0.25) is 0 Å². The maximum atomic E-state index is 11.5. The van der Waals surface area contributed by atoms with Crippen molar-refractivity contribution in [1.82, 2.24) is 5.32 Å². The van der Waals surface area contributed by atoms with Gasteiger partial charge in [0.1, 0.15) is 0 Å². The Balaban J connectivity index is 2.13. The van der Waals surface area contributed by atoms with Gasteiger partial charge in [-0.25, -0.2) is 4.79 Å². The molecule has 1 saturated heterocycles. The Hall–Kier alpha value is -1.55. The van der Waals surface area contributed by atoms with Gasteiger partial charge in [-0.2, -0.15) is 0 Å². The van der Waals surface area contributed by atoms with Crippen LogP contribution in [0.25, 0.3) is 0 Å². The molecule has 0 aromatic heterocycles. The normalized spacial score (nSPS) is 16.8. The summed E-state index contributed by atoms with van der Waals surface area (Å²) in [5.41, 5.74) is 1.73. The van der Waals surface area contributed by atoms with E-state index in [1.807, 2.05) is 12.1 Å². The van der Waals surface area contributed by atoms with Crippen LogP contribution in [0.3, 0.4) is 0 Å². The third-order valence-corrected chi connectivity index (χ3v) is 3.20. The maximum Gasteiger partial charge on any atom is 0.337 e. The largest absolute Gasteiger partial charge is 0.465 e.